The van der Waals surface area contributed by atoms with Gasteiger partial charge in [-0.05, 0) is 60.1 Å². The summed E-state index contributed by atoms with van der Waals surface area (Å²) in [5.41, 5.74) is 4.16. The molecule has 0 saturated heterocycles. The van der Waals surface area contributed by atoms with Gasteiger partial charge in [-0.3, -0.25) is 19.2 Å². The molecule has 0 aromatic heterocycles. The monoisotopic (exact) mass is 604 g/mol. The van der Waals surface area contributed by atoms with E-state index in [-0.39, 0.29) is 48.5 Å². The van der Waals surface area contributed by atoms with Gasteiger partial charge in [0, 0.05) is 36.4 Å². The third-order valence-electron chi connectivity index (χ3n) is 8.96. The van der Waals surface area contributed by atoms with Gasteiger partial charge >= 0.3 is 0 Å². The quantitative estimate of drug-likeness (QED) is 0.219. The van der Waals surface area contributed by atoms with Gasteiger partial charge in [0.15, 0.2) is 11.4 Å². The number of aromatic hydroxyl groups is 1. The van der Waals surface area contributed by atoms with Crippen LogP contribution in [-0.2, 0) is 27.3 Å². The van der Waals surface area contributed by atoms with Crippen LogP contribution in [0.5, 0.6) is 11.5 Å². The van der Waals surface area contributed by atoms with Crippen molar-refractivity contribution in [1.82, 2.24) is 5.32 Å². The Kier molecular flexibility index (Phi) is 8.37. The number of hydrogen-bond acceptors (Lipinski definition) is 10. The van der Waals surface area contributed by atoms with Gasteiger partial charge in [0.25, 0.3) is 5.91 Å². The van der Waals surface area contributed by atoms with Crippen LogP contribution < -0.4 is 15.8 Å². The average Bonchev–Trinajstić information content (AvgIpc) is 2.97. The zero-order chi connectivity index (χ0) is 31.9. The van der Waals surface area contributed by atoms with Crippen molar-refractivity contribution < 1.29 is 44.3 Å². The number of fused-ring (bicyclic) bond motifs is 3. The van der Waals surface area contributed by atoms with E-state index in [2.05, 4.69) is 5.32 Å². The number of carbonyl (C=O) groups is 4. The summed E-state index contributed by atoms with van der Waals surface area (Å²) in [6.07, 6.45) is 2.20. The third-order valence-corrected chi connectivity index (χ3v) is 8.96. The van der Waals surface area contributed by atoms with Crippen LogP contribution >= 0.6 is 0 Å². The molecule has 0 heterocycles. The van der Waals surface area contributed by atoms with Crippen LogP contribution in [0.15, 0.2) is 53.0 Å². The number of unbranched alkanes of at least 4 members (excludes halogenated alkanes) is 1. The normalized spacial score (nSPS) is 22.8. The number of aliphatic hydroxyl groups excluding tert-OH is 2. The van der Waals surface area contributed by atoms with E-state index in [4.69, 9.17) is 10.5 Å². The van der Waals surface area contributed by atoms with Crippen molar-refractivity contribution in [2.24, 2.45) is 17.6 Å². The fourth-order valence-electron chi connectivity index (χ4n) is 6.76. The first-order chi connectivity index (χ1) is 20.9. The minimum Gasteiger partial charge on any atom is -0.511 e. The molecule has 2 aromatic carbocycles. The number of nitrogens with one attached hydrogen (secondary N) is 1. The van der Waals surface area contributed by atoms with Gasteiger partial charge in [-0.15, -0.1) is 0 Å². The molecule has 3 aliphatic carbocycles. The van der Waals surface area contributed by atoms with Crippen LogP contribution in [0.1, 0.15) is 60.5 Å². The number of benzene rings is 2. The second-order valence-corrected chi connectivity index (χ2v) is 11.7. The smallest absolute Gasteiger partial charge is 0.255 e. The summed E-state index contributed by atoms with van der Waals surface area (Å²) in [4.78, 5) is 51.1. The number of nitrogens with two attached hydrogens (primary N) is 1. The summed E-state index contributed by atoms with van der Waals surface area (Å²) in [5.74, 6) is -6.12. The van der Waals surface area contributed by atoms with Crippen molar-refractivity contribution in [2.75, 3.05) is 13.7 Å². The molecule has 1 amide bonds. The Morgan fingerprint density at radius 1 is 1.09 bits per heavy atom. The summed E-state index contributed by atoms with van der Waals surface area (Å²) in [6.45, 7) is 2.69. The molecule has 0 fully saturated rings. The summed E-state index contributed by atoms with van der Waals surface area (Å²) in [5, 5.41) is 47.2. The Labute approximate surface area is 254 Å². The number of ketones is 3. The summed E-state index contributed by atoms with van der Waals surface area (Å²) >= 11 is 0. The number of methoxy groups -OCH3 is 1. The maximum Gasteiger partial charge on any atom is 0.255 e. The van der Waals surface area contributed by atoms with Crippen LogP contribution in [0.2, 0.25) is 0 Å². The van der Waals surface area contributed by atoms with Gasteiger partial charge < -0.3 is 36.2 Å². The van der Waals surface area contributed by atoms with Crippen LogP contribution in [0.25, 0.3) is 11.1 Å². The first-order valence-corrected chi connectivity index (χ1v) is 14.7. The van der Waals surface area contributed by atoms with E-state index in [1.54, 1.807) is 12.1 Å². The van der Waals surface area contributed by atoms with Gasteiger partial charge in [0.2, 0.25) is 5.78 Å². The summed E-state index contributed by atoms with van der Waals surface area (Å²) < 4.78 is 5.64. The van der Waals surface area contributed by atoms with Crippen molar-refractivity contribution in [3.63, 3.8) is 0 Å². The SMILES string of the molecule is CCCCC(=O)CNCc1ccc(OC)c(-c2ccc(O)c3c2C[C@H]2C[C@H]4CC(O)=C(C(N)=O)C(=O)[C@@]4(O)C(O)=C2C3=O)c1. The number of carbonyl (C=O) groups excluding carboxylic acids is 4. The summed E-state index contributed by atoms with van der Waals surface area (Å²) in [7, 11) is 1.52. The minimum absolute atomic E-state index is 0.0329. The van der Waals surface area contributed by atoms with Crippen molar-refractivity contribution in [3.8, 4) is 22.6 Å². The predicted octanol–water partition coefficient (Wildman–Crippen LogP) is 3.10. The van der Waals surface area contributed by atoms with Crippen LogP contribution in [0.3, 0.4) is 0 Å². The zero-order valence-corrected chi connectivity index (χ0v) is 24.6. The highest BCUT2D eigenvalue weighted by Crippen LogP contribution is 2.52. The fourth-order valence-corrected chi connectivity index (χ4v) is 6.76. The molecule has 7 N–H and O–H groups in total. The number of phenolic OH excluding ortho intramolecular Hbond substituents is 1. The maximum atomic E-state index is 13.9. The van der Waals surface area contributed by atoms with Crippen LogP contribution in [0, 0.1) is 11.8 Å². The van der Waals surface area contributed by atoms with Crippen LogP contribution in [-0.4, -0.2) is 62.9 Å². The number of aliphatic hydroxyl groups is 3. The number of hydrogen-bond donors (Lipinski definition) is 6. The third kappa shape index (κ3) is 5.05. The van der Waals surface area contributed by atoms with Gasteiger partial charge in [0.1, 0.15) is 34.4 Å². The fraction of sp³-hybridized carbons (Fsp3) is 0.394. The molecule has 11 heteroatoms. The number of phenols is 1. The highest BCUT2D eigenvalue weighted by Gasteiger charge is 2.59. The Bertz CT molecular complexity index is 1640. The molecule has 0 aliphatic heterocycles. The Morgan fingerprint density at radius 2 is 1.84 bits per heavy atom. The first kappa shape index (κ1) is 31.0. The average molecular weight is 605 g/mol. The lowest BCUT2D eigenvalue weighted by Gasteiger charge is -2.45. The number of primary amides is 1. The first-order valence-electron chi connectivity index (χ1n) is 14.7. The molecule has 3 atom stereocenters. The van der Waals surface area contributed by atoms with Crippen molar-refractivity contribution in [2.45, 2.75) is 57.6 Å². The van der Waals surface area contributed by atoms with Crippen molar-refractivity contribution in [3.05, 3.63) is 69.7 Å². The van der Waals surface area contributed by atoms with Crippen molar-refractivity contribution >= 4 is 23.3 Å². The van der Waals surface area contributed by atoms with E-state index in [0.29, 0.717) is 35.4 Å². The molecule has 44 heavy (non-hydrogen) atoms. The van der Waals surface area contributed by atoms with Gasteiger partial charge in [0.05, 0.1) is 19.2 Å². The Balaban J connectivity index is 1.54. The van der Waals surface area contributed by atoms with E-state index < -0.39 is 52.0 Å². The zero-order valence-electron chi connectivity index (χ0n) is 24.6. The number of amides is 1. The lowest BCUT2D eigenvalue weighted by atomic mass is 9.60. The standard InChI is InChI=1S/C33H36N2O9/c1-3-4-5-19(36)15-35-14-16-6-9-25(44-2)21(10-16)20-7-8-23(37)27-22(20)12-17-11-18-13-24(38)28(32(34)42)31(41)33(18,43)30(40)26(17)29(27)39/h6-10,17-18,35,37-38,40,43H,3-5,11-15H2,1-2H3,(H2,34,42)/t17-,18+,33+/m1/s1. The largest absolute Gasteiger partial charge is 0.511 e. The lowest BCUT2D eigenvalue weighted by Crippen LogP contribution is -2.57. The van der Waals surface area contributed by atoms with E-state index in [9.17, 15) is 39.6 Å². The molecular formula is C33H36N2O9. The second-order valence-electron chi connectivity index (χ2n) is 11.7. The number of allylic oxidation sites excluding steroid dienone is 2. The highest BCUT2D eigenvalue weighted by atomic mass is 16.5. The molecule has 0 spiro atoms. The molecule has 2 aromatic rings. The lowest BCUT2D eigenvalue weighted by molar-refractivity contribution is -0.144. The predicted molar refractivity (Wildman–Crippen MR) is 159 cm³/mol. The topological polar surface area (TPSA) is 196 Å². The summed E-state index contributed by atoms with van der Waals surface area (Å²) in [6, 6.07) is 8.57. The maximum absolute atomic E-state index is 13.9. The number of ether oxygens (including phenoxy) is 1. The number of Topliss-reactive ketones (excluding diaryl/α,β-unsaturated/α-hetero) is 3. The van der Waals surface area contributed by atoms with E-state index in [1.807, 2.05) is 19.1 Å². The van der Waals surface area contributed by atoms with E-state index >= 15 is 0 Å². The molecule has 3 aliphatic rings. The van der Waals surface area contributed by atoms with Crippen molar-refractivity contribution in [1.29, 1.82) is 0 Å². The van der Waals surface area contributed by atoms with Gasteiger partial charge in [-0.2, -0.15) is 0 Å². The molecule has 0 unspecified atom stereocenters. The molecule has 0 saturated carbocycles. The molecule has 0 radical (unpaired) electrons. The van der Waals surface area contributed by atoms with E-state index in [1.165, 1.54) is 13.2 Å². The second kappa shape index (κ2) is 11.9. The molecular weight excluding hydrogens is 568 g/mol. The number of rotatable bonds is 10. The van der Waals surface area contributed by atoms with E-state index in [0.717, 1.165) is 18.4 Å². The molecule has 0 bridgehead atoms. The minimum atomic E-state index is -2.62. The Morgan fingerprint density at radius 3 is 2.52 bits per heavy atom. The van der Waals surface area contributed by atoms with Gasteiger partial charge in [-0.1, -0.05) is 25.5 Å². The molecule has 5 rings (SSSR count). The van der Waals surface area contributed by atoms with Crippen LogP contribution in [0.4, 0.5) is 0 Å². The Hall–Kier alpha value is -4.48. The van der Waals surface area contributed by atoms with Gasteiger partial charge in [-0.25, -0.2) is 0 Å². The highest BCUT2D eigenvalue weighted by molar-refractivity contribution is 6.24. The molecule has 232 valence electrons. The molecule has 11 nitrogen and oxygen atoms in total.